The molecule has 5 aromatic rings. The predicted octanol–water partition coefficient (Wildman–Crippen LogP) is 7.40. The van der Waals surface area contributed by atoms with Crippen molar-refractivity contribution in [1.29, 1.82) is 5.26 Å². The van der Waals surface area contributed by atoms with Crippen molar-refractivity contribution >= 4 is 34.4 Å². The highest BCUT2D eigenvalue weighted by Gasteiger charge is 2.29. The fourth-order valence-corrected chi connectivity index (χ4v) is 8.57. The van der Waals surface area contributed by atoms with Crippen LogP contribution in [0.3, 0.4) is 0 Å². The number of hydrogen-bond acceptors (Lipinski definition) is 8. The van der Waals surface area contributed by atoms with Crippen LogP contribution in [0.1, 0.15) is 60.8 Å². The zero-order chi connectivity index (χ0) is 39.3. The molecule has 11 nitrogen and oxygen atoms in total. The number of aromatic nitrogens is 2. The molecule has 0 bridgehead atoms. The van der Waals surface area contributed by atoms with E-state index in [1.165, 1.54) is 0 Å². The normalized spacial score (nSPS) is 18.2. The van der Waals surface area contributed by atoms with Crippen molar-refractivity contribution in [2.75, 3.05) is 27.8 Å². The van der Waals surface area contributed by atoms with Gasteiger partial charge in [-0.2, -0.15) is 10.4 Å². The second-order valence-electron chi connectivity index (χ2n) is 14.9. The molecule has 4 aromatic carbocycles. The van der Waals surface area contributed by atoms with E-state index in [1.807, 2.05) is 71.5 Å². The Morgan fingerprint density at radius 3 is 2.43 bits per heavy atom. The molecule has 1 atom stereocenters. The number of rotatable bonds is 14. The topological polar surface area (TPSA) is 142 Å². The summed E-state index contributed by atoms with van der Waals surface area (Å²) in [6, 6.07) is 24.9. The van der Waals surface area contributed by atoms with Gasteiger partial charge in [-0.25, -0.2) is 0 Å². The number of ether oxygens (including phenoxy) is 2. The molecule has 290 valence electrons. The summed E-state index contributed by atoms with van der Waals surface area (Å²) in [4.78, 5) is 25.3. The van der Waals surface area contributed by atoms with E-state index in [-0.39, 0.29) is 23.9 Å². The Bertz CT molecular complexity index is 2290. The average Bonchev–Trinajstić information content (AvgIpc) is 3.83. The number of halogens is 1. The third-order valence-corrected chi connectivity index (χ3v) is 11.8. The number of carbonyl (C=O) groups excluding carboxylic acids is 1. The lowest BCUT2D eigenvalue weighted by Crippen LogP contribution is -2.36. The van der Waals surface area contributed by atoms with E-state index in [9.17, 15) is 20.0 Å². The SMILES string of the molecule is COc1cc(-c2cccc(-c3cccc4c3cnn4Cc3cc(OC)c(CN(C)C4CCC(C(=O)O)CC4)cc3C#N)c2Cl)ccc1CNCC1CCC(=O)N1. The highest BCUT2D eigenvalue weighted by Crippen LogP contribution is 2.41. The van der Waals surface area contributed by atoms with Crippen molar-refractivity contribution < 1.29 is 24.2 Å². The van der Waals surface area contributed by atoms with Crippen LogP contribution >= 0.6 is 11.6 Å². The maximum atomic E-state index is 11.6. The van der Waals surface area contributed by atoms with Gasteiger partial charge in [0.2, 0.25) is 5.91 Å². The average molecular weight is 775 g/mol. The van der Waals surface area contributed by atoms with Crippen molar-refractivity contribution in [2.24, 2.45) is 5.92 Å². The Hall–Kier alpha value is -5.41. The Kier molecular flexibility index (Phi) is 11.9. The maximum absolute atomic E-state index is 11.6. The largest absolute Gasteiger partial charge is 0.496 e. The van der Waals surface area contributed by atoms with Crippen LogP contribution in [0.5, 0.6) is 11.5 Å². The molecular weight excluding hydrogens is 728 g/mol. The Morgan fingerprint density at radius 2 is 1.71 bits per heavy atom. The van der Waals surface area contributed by atoms with Gasteiger partial charge < -0.3 is 25.2 Å². The smallest absolute Gasteiger partial charge is 0.306 e. The minimum atomic E-state index is -0.709. The molecule has 56 heavy (non-hydrogen) atoms. The van der Waals surface area contributed by atoms with Crippen LogP contribution < -0.4 is 20.1 Å². The molecule has 1 saturated carbocycles. The van der Waals surface area contributed by atoms with Crippen LogP contribution in [0, 0.1) is 17.2 Å². The molecule has 3 N–H and O–H groups in total. The molecule has 7 rings (SSSR count). The number of carbonyl (C=O) groups is 2. The van der Waals surface area contributed by atoms with E-state index in [4.69, 9.17) is 26.2 Å². The molecule has 2 aliphatic rings. The molecule has 1 saturated heterocycles. The van der Waals surface area contributed by atoms with Crippen LogP contribution in [0.25, 0.3) is 33.2 Å². The van der Waals surface area contributed by atoms with E-state index in [0.29, 0.717) is 61.8 Å². The van der Waals surface area contributed by atoms with Crippen LogP contribution in [0.4, 0.5) is 0 Å². The third-order valence-electron chi connectivity index (χ3n) is 11.4. The first-order valence-corrected chi connectivity index (χ1v) is 19.5. The summed E-state index contributed by atoms with van der Waals surface area (Å²) in [5.74, 6) is 0.584. The molecular formula is C44H47ClN6O5. The van der Waals surface area contributed by atoms with Gasteiger partial charge in [0, 0.05) is 65.8 Å². The number of benzene rings is 4. The molecule has 1 amide bonds. The summed E-state index contributed by atoms with van der Waals surface area (Å²) < 4.78 is 13.5. The summed E-state index contributed by atoms with van der Waals surface area (Å²) in [7, 11) is 5.36. The monoisotopic (exact) mass is 774 g/mol. The number of nitrogens with zero attached hydrogens (tertiary/aromatic N) is 4. The van der Waals surface area contributed by atoms with Gasteiger partial charge in [-0.15, -0.1) is 0 Å². The van der Waals surface area contributed by atoms with Gasteiger partial charge in [0.25, 0.3) is 0 Å². The molecule has 1 aromatic heterocycles. The van der Waals surface area contributed by atoms with E-state index in [1.54, 1.807) is 14.2 Å². The zero-order valence-electron chi connectivity index (χ0n) is 32.0. The fourth-order valence-electron chi connectivity index (χ4n) is 8.23. The minimum absolute atomic E-state index is 0.107. The quantitative estimate of drug-likeness (QED) is 0.105. The summed E-state index contributed by atoms with van der Waals surface area (Å²) in [6.07, 6.45) is 6.27. The van der Waals surface area contributed by atoms with Gasteiger partial charge in [0.1, 0.15) is 11.5 Å². The number of methoxy groups -OCH3 is 2. The van der Waals surface area contributed by atoms with Crippen LogP contribution in [0.15, 0.2) is 72.9 Å². The molecule has 1 aliphatic heterocycles. The number of carboxylic acids is 1. The van der Waals surface area contributed by atoms with Gasteiger partial charge in [-0.05, 0) is 80.1 Å². The molecule has 1 aliphatic carbocycles. The lowest BCUT2D eigenvalue weighted by atomic mass is 9.85. The van der Waals surface area contributed by atoms with Gasteiger partial charge >= 0.3 is 5.97 Å². The van der Waals surface area contributed by atoms with Crippen molar-refractivity contribution in [3.05, 3.63) is 100 Å². The number of nitriles is 1. The van der Waals surface area contributed by atoms with Crippen LogP contribution in [-0.2, 0) is 29.2 Å². The lowest BCUT2D eigenvalue weighted by Gasteiger charge is -2.33. The number of nitrogens with one attached hydrogen (secondary N) is 2. The molecule has 0 radical (unpaired) electrons. The third kappa shape index (κ3) is 8.24. The highest BCUT2D eigenvalue weighted by molar-refractivity contribution is 6.36. The molecule has 2 fully saturated rings. The van der Waals surface area contributed by atoms with Crippen molar-refractivity contribution in [3.8, 4) is 39.8 Å². The van der Waals surface area contributed by atoms with Gasteiger partial charge in [0.05, 0.1) is 55.1 Å². The summed E-state index contributed by atoms with van der Waals surface area (Å²) in [6.45, 7) is 2.26. The number of aliphatic carboxylic acids is 1. The second kappa shape index (κ2) is 17.2. The van der Waals surface area contributed by atoms with Gasteiger partial charge in [-0.3, -0.25) is 19.2 Å². The van der Waals surface area contributed by atoms with Crippen LogP contribution in [-0.4, -0.2) is 71.6 Å². The van der Waals surface area contributed by atoms with Crippen molar-refractivity contribution in [2.45, 2.75) is 70.2 Å². The first-order chi connectivity index (χ1) is 27.2. The van der Waals surface area contributed by atoms with Crippen molar-refractivity contribution in [1.82, 2.24) is 25.3 Å². The Labute approximate surface area is 332 Å². The summed E-state index contributed by atoms with van der Waals surface area (Å²) in [5.41, 5.74) is 7.82. The van der Waals surface area contributed by atoms with Crippen LogP contribution in [0.2, 0.25) is 5.02 Å². The van der Waals surface area contributed by atoms with Gasteiger partial charge in [-0.1, -0.05) is 54.1 Å². The zero-order valence-corrected chi connectivity index (χ0v) is 32.7. The lowest BCUT2D eigenvalue weighted by molar-refractivity contribution is -0.143. The van der Waals surface area contributed by atoms with E-state index in [2.05, 4.69) is 34.7 Å². The summed E-state index contributed by atoms with van der Waals surface area (Å²) in [5, 5.41) is 32.4. The van der Waals surface area contributed by atoms with E-state index >= 15 is 0 Å². The fraction of sp³-hybridized carbons (Fsp3) is 0.364. The van der Waals surface area contributed by atoms with E-state index in [0.717, 1.165) is 74.9 Å². The second-order valence-corrected chi connectivity index (χ2v) is 15.2. The van der Waals surface area contributed by atoms with E-state index < -0.39 is 5.97 Å². The van der Waals surface area contributed by atoms with Gasteiger partial charge in [0.15, 0.2) is 0 Å². The molecule has 12 heteroatoms. The first-order valence-electron chi connectivity index (χ1n) is 19.1. The predicted molar refractivity (Wildman–Crippen MR) is 217 cm³/mol. The highest BCUT2D eigenvalue weighted by atomic mass is 35.5. The Balaban J connectivity index is 1.10. The number of carboxylic acid groups (broad SMARTS) is 1. The number of fused-ring (bicyclic) bond motifs is 1. The Morgan fingerprint density at radius 1 is 0.982 bits per heavy atom. The molecule has 0 spiro atoms. The molecule has 1 unspecified atom stereocenters. The maximum Gasteiger partial charge on any atom is 0.306 e. The molecule has 2 heterocycles. The number of hydrogen-bond donors (Lipinski definition) is 3. The minimum Gasteiger partial charge on any atom is -0.496 e. The standard InChI is InChI=1S/C44H47ClN6O5/c1-50(34-15-12-27(13-16-34)44(53)54)25-32-18-30(21-46)31(20-41(32)56-3)26-51-39-9-5-7-36(38(39)24-48-51)37-8-4-6-35(43(37)45)28-10-11-29(40(19-28)55-2)22-47-23-33-14-17-42(52)49-33/h4-11,18-20,24,27,33-34,47H,12-17,22-23,25-26H2,1-3H3,(H,49,52)(H,53,54). The number of amides is 1. The summed E-state index contributed by atoms with van der Waals surface area (Å²) >= 11 is 7.22. The first kappa shape index (κ1) is 38.8. The van der Waals surface area contributed by atoms with Crippen molar-refractivity contribution in [3.63, 3.8) is 0 Å².